The van der Waals surface area contributed by atoms with Gasteiger partial charge in [-0.3, -0.25) is 20.2 Å². The van der Waals surface area contributed by atoms with Crippen LogP contribution in [0.5, 0.6) is 5.06 Å². The van der Waals surface area contributed by atoms with Crippen molar-refractivity contribution in [1.82, 2.24) is 20.0 Å². The molecule has 0 saturated carbocycles. The number of nitrogens with zero attached hydrogens (tertiary/aromatic N) is 3. The fraction of sp³-hybridized carbons (Fsp3) is 0.333. The van der Waals surface area contributed by atoms with Crippen molar-refractivity contribution in [2.75, 3.05) is 38.0 Å². The molecule has 4 aromatic rings. The quantitative estimate of drug-likeness (QED) is 0.267. The van der Waals surface area contributed by atoms with Gasteiger partial charge in [-0.15, -0.1) is 11.3 Å². The number of fused-ring (bicyclic) bond motifs is 1. The predicted octanol–water partition coefficient (Wildman–Crippen LogP) is 5.60. The van der Waals surface area contributed by atoms with Gasteiger partial charge in [-0.1, -0.05) is 36.4 Å². The van der Waals surface area contributed by atoms with Crippen molar-refractivity contribution in [3.05, 3.63) is 76.3 Å². The van der Waals surface area contributed by atoms with Crippen molar-refractivity contribution in [3.8, 4) is 5.06 Å². The van der Waals surface area contributed by atoms with Crippen LogP contribution < -0.4 is 10.1 Å². The third-order valence-electron chi connectivity index (χ3n) is 6.76. The normalized spacial score (nSPS) is 15.3. The molecule has 8 nitrogen and oxygen atoms in total. The summed E-state index contributed by atoms with van der Waals surface area (Å²) in [5, 5.41) is 24.1. The minimum Gasteiger partial charge on any atom is -0.399 e. The first-order valence-corrected chi connectivity index (χ1v) is 14.1. The van der Waals surface area contributed by atoms with E-state index >= 15 is 0 Å². The molecule has 0 radical (unpaired) electrons. The highest BCUT2D eigenvalue weighted by Crippen LogP contribution is 2.27. The number of carbonyl (C=O) groups is 1. The van der Waals surface area contributed by atoms with Gasteiger partial charge in [0, 0.05) is 50.2 Å². The van der Waals surface area contributed by atoms with Crippen LogP contribution in [0.15, 0.2) is 53.9 Å². The van der Waals surface area contributed by atoms with Crippen LogP contribution in [0, 0.1) is 6.92 Å². The van der Waals surface area contributed by atoms with E-state index in [-0.39, 0.29) is 0 Å². The van der Waals surface area contributed by atoms with Crippen molar-refractivity contribution in [2.24, 2.45) is 0 Å². The van der Waals surface area contributed by atoms with Gasteiger partial charge >= 0.3 is 6.09 Å². The fourth-order valence-corrected chi connectivity index (χ4v) is 5.60. The summed E-state index contributed by atoms with van der Waals surface area (Å²) in [6, 6.07) is 16.1. The fourth-order valence-electron chi connectivity index (χ4n) is 4.83. The Kier molecular flexibility index (Phi) is 8.13. The highest BCUT2D eigenvalue weighted by molar-refractivity contribution is 7.12. The standard InChI is InChI=1S/C30H35N5O3S/c1-21-12-17-39-28(21)38-29(36)31-27-18-22(19-34-13-15-35(16-14-34)20-30(2,3)37)8-9-23(27)10-11-26-24-6-4-5-7-25(24)32-33-26/h4-12,17-18,37H,13-16,19-20H2,1-3H3,(H,31,36)(H,32,33)/b11-10+. The van der Waals surface area contributed by atoms with Crippen LogP contribution in [0.1, 0.15) is 36.2 Å². The van der Waals surface area contributed by atoms with E-state index in [0.29, 0.717) is 17.3 Å². The lowest BCUT2D eigenvalue weighted by Crippen LogP contribution is -2.50. The number of benzene rings is 2. The lowest BCUT2D eigenvalue weighted by atomic mass is 10.1. The molecule has 0 unspecified atom stereocenters. The number of aryl methyl sites for hydroxylation is 1. The van der Waals surface area contributed by atoms with E-state index in [9.17, 15) is 9.90 Å². The van der Waals surface area contributed by atoms with Crippen LogP contribution >= 0.6 is 11.3 Å². The van der Waals surface area contributed by atoms with E-state index in [1.165, 1.54) is 11.3 Å². The molecule has 0 aliphatic carbocycles. The van der Waals surface area contributed by atoms with Crippen LogP contribution in [-0.2, 0) is 6.54 Å². The zero-order chi connectivity index (χ0) is 27.4. The third kappa shape index (κ3) is 7.13. The molecule has 1 aliphatic rings. The highest BCUT2D eigenvalue weighted by atomic mass is 32.1. The Morgan fingerprint density at radius 1 is 1.13 bits per heavy atom. The maximum Gasteiger partial charge on any atom is 0.417 e. The smallest absolute Gasteiger partial charge is 0.399 e. The maximum atomic E-state index is 12.8. The highest BCUT2D eigenvalue weighted by Gasteiger charge is 2.23. The van der Waals surface area contributed by atoms with Gasteiger partial charge < -0.3 is 9.84 Å². The molecule has 2 aromatic carbocycles. The Balaban J connectivity index is 1.33. The number of nitrogens with one attached hydrogen (secondary N) is 2. The predicted molar refractivity (Wildman–Crippen MR) is 158 cm³/mol. The van der Waals surface area contributed by atoms with Crippen LogP contribution in [-0.4, -0.2) is 69.5 Å². The maximum absolute atomic E-state index is 12.8. The second-order valence-electron chi connectivity index (χ2n) is 10.7. The molecule has 1 amide bonds. The molecule has 1 aliphatic heterocycles. The summed E-state index contributed by atoms with van der Waals surface area (Å²) in [6.07, 6.45) is 3.40. The molecule has 39 heavy (non-hydrogen) atoms. The minimum atomic E-state index is -0.690. The number of para-hydroxylation sites is 1. The molecule has 5 rings (SSSR count). The van der Waals surface area contributed by atoms with Gasteiger partial charge in [0.2, 0.25) is 0 Å². The third-order valence-corrected chi connectivity index (χ3v) is 7.65. The molecule has 9 heteroatoms. The zero-order valence-corrected chi connectivity index (χ0v) is 23.4. The molecule has 204 valence electrons. The molecule has 1 saturated heterocycles. The average molecular weight is 546 g/mol. The van der Waals surface area contributed by atoms with E-state index in [0.717, 1.165) is 66.0 Å². The van der Waals surface area contributed by atoms with Crippen LogP contribution in [0.25, 0.3) is 23.1 Å². The number of aromatic nitrogens is 2. The van der Waals surface area contributed by atoms with E-state index < -0.39 is 11.7 Å². The molecule has 3 heterocycles. The van der Waals surface area contributed by atoms with Crippen molar-refractivity contribution >= 4 is 46.2 Å². The van der Waals surface area contributed by atoms with Gasteiger partial charge in [-0.25, -0.2) is 4.79 Å². The van der Waals surface area contributed by atoms with Gasteiger partial charge in [-0.05, 0) is 61.6 Å². The first kappa shape index (κ1) is 27.1. The largest absolute Gasteiger partial charge is 0.417 e. The van der Waals surface area contributed by atoms with E-state index in [4.69, 9.17) is 4.74 Å². The SMILES string of the molecule is Cc1ccsc1OC(=O)Nc1cc(CN2CCN(CC(C)(C)O)CC2)ccc1/C=C/c1n[nH]c2ccccc12. The van der Waals surface area contributed by atoms with E-state index in [1.54, 1.807) is 0 Å². The van der Waals surface area contributed by atoms with Gasteiger partial charge in [0.15, 0.2) is 5.06 Å². The summed E-state index contributed by atoms with van der Waals surface area (Å²) in [5.41, 5.74) is 4.70. The van der Waals surface area contributed by atoms with Gasteiger partial charge in [0.25, 0.3) is 0 Å². The van der Waals surface area contributed by atoms with Crippen molar-refractivity contribution in [2.45, 2.75) is 32.9 Å². The molecular weight excluding hydrogens is 510 g/mol. The second-order valence-corrected chi connectivity index (χ2v) is 11.6. The van der Waals surface area contributed by atoms with Crippen LogP contribution in [0.2, 0.25) is 0 Å². The Labute approximate surface area is 232 Å². The van der Waals surface area contributed by atoms with E-state index in [2.05, 4.69) is 31.4 Å². The number of anilines is 1. The summed E-state index contributed by atoms with van der Waals surface area (Å²) in [5.74, 6) is 0. The van der Waals surface area contributed by atoms with Crippen molar-refractivity contribution in [3.63, 3.8) is 0 Å². The van der Waals surface area contributed by atoms with Gasteiger partial charge in [0.05, 0.1) is 22.5 Å². The zero-order valence-electron chi connectivity index (χ0n) is 22.6. The van der Waals surface area contributed by atoms with Crippen molar-refractivity contribution < 1.29 is 14.6 Å². The summed E-state index contributed by atoms with van der Waals surface area (Å²) in [6.45, 7) is 10.7. The lowest BCUT2D eigenvalue weighted by molar-refractivity contribution is 0.0167. The van der Waals surface area contributed by atoms with Gasteiger partial charge in [-0.2, -0.15) is 5.10 Å². The Morgan fingerprint density at radius 3 is 2.64 bits per heavy atom. The number of rotatable bonds is 8. The number of H-pyrrole nitrogens is 1. The number of thiophene rings is 1. The first-order chi connectivity index (χ1) is 18.7. The summed E-state index contributed by atoms with van der Waals surface area (Å²) >= 11 is 1.40. The minimum absolute atomic E-state index is 0.516. The lowest BCUT2D eigenvalue weighted by Gasteiger charge is -2.37. The van der Waals surface area contributed by atoms with Crippen LogP contribution in [0.4, 0.5) is 10.5 Å². The summed E-state index contributed by atoms with van der Waals surface area (Å²) in [7, 11) is 0. The number of hydrogen-bond acceptors (Lipinski definition) is 7. The molecule has 0 spiro atoms. The van der Waals surface area contributed by atoms with Crippen molar-refractivity contribution in [1.29, 1.82) is 0 Å². The molecule has 0 bridgehead atoms. The number of aromatic amines is 1. The van der Waals surface area contributed by atoms with Gasteiger partial charge in [0.1, 0.15) is 0 Å². The Morgan fingerprint density at radius 2 is 1.90 bits per heavy atom. The molecular formula is C30H35N5O3S. The number of ether oxygens (including phenoxy) is 1. The first-order valence-electron chi connectivity index (χ1n) is 13.2. The number of β-amino-alcohol motifs (C(OH)–C–C–N with tert-alkyl or cyclic N) is 1. The van der Waals surface area contributed by atoms with Crippen LogP contribution in [0.3, 0.4) is 0 Å². The molecule has 2 aromatic heterocycles. The Hall–Kier alpha value is -3.50. The van der Waals surface area contributed by atoms with E-state index in [1.807, 2.05) is 80.8 Å². The molecule has 1 fully saturated rings. The number of aliphatic hydroxyl groups is 1. The average Bonchev–Trinajstić information content (AvgIpc) is 3.49. The second kappa shape index (κ2) is 11.7. The number of carbonyl (C=O) groups excluding carboxylic acids is 1. The topological polar surface area (TPSA) is 93.7 Å². The monoisotopic (exact) mass is 545 g/mol. The molecule has 0 atom stereocenters. The number of piperazine rings is 1. The number of hydrogen-bond donors (Lipinski definition) is 3. The summed E-state index contributed by atoms with van der Waals surface area (Å²) in [4.78, 5) is 17.5. The summed E-state index contributed by atoms with van der Waals surface area (Å²) < 4.78 is 5.58. The molecule has 3 N–H and O–H groups in total. The number of amides is 1. The Bertz CT molecular complexity index is 1460.